The SMILES string of the molecule is CC(C)(C)[Si](C)(C)C.CC(C)(C)[Si](C)(C)OCC1CCNCC1.OCC1CCNCC1.c1c[nH]cn1. The van der Waals surface area contributed by atoms with Crippen LogP contribution in [0, 0.1) is 11.8 Å². The lowest BCUT2D eigenvalue weighted by Crippen LogP contribution is -2.43. The third-order valence-corrected chi connectivity index (χ3v) is 17.3. The molecule has 2 aliphatic heterocycles. The topological polar surface area (TPSA) is 82.2 Å². The van der Waals surface area contributed by atoms with Crippen LogP contribution in [0.4, 0.5) is 0 Å². The van der Waals surface area contributed by atoms with Gasteiger partial charge in [0.1, 0.15) is 0 Å². The summed E-state index contributed by atoms with van der Waals surface area (Å²) in [5, 5.41) is 16.2. The normalized spacial score (nSPS) is 18.1. The molecule has 8 heteroatoms. The molecule has 2 aliphatic rings. The molecule has 0 radical (unpaired) electrons. The Kier molecular flexibility index (Phi) is 16.9. The molecule has 0 aliphatic carbocycles. The van der Waals surface area contributed by atoms with Gasteiger partial charge in [0.25, 0.3) is 0 Å². The predicted octanol–water partition coefficient (Wildman–Crippen LogP) is 6.52. The first kappa shape index (κ1) is 35.5. The molecule has 4 N–H and O–H groups in total. The summed E-state index contributed by atoms with van der Waals surface area (Å²) in [4.78, 5) is 6.42. The number of piperidine rings is 2. The quantitative estimate of drug-likeness (QED) is 0.326. The number of H-pyrrole nitrogens is 1. The molecule has 0 spiro atoms. The number of hydrogen-bond acceptors (Lipinski definition) is 5. The number of hydrogen-bond donors (Lipinski definition) is 4. The smallest absolute Gasteiger partial charge is 0.191 e. The Morgan fingerprint density at radius 2 is 1.25 bits per heavy atom. The first-order chi connectivity index (χ1) is 16.5. The van der Waals surface area contributed by atoms with Crippen LogP contribution in [0.3, 0.4) is 0 Å². The van der Waals surface area contributed by atoms with Crippen LogP contribution < -0.4 is 10.6 Å². The number of nitrogens with zero attached hydrogens (tertiary/aromatic N) is 1. The van der Waals surface area contributed by atoms with Gasteiger partial charge in [-0.15, -0.1) is 0 Å². The van der Waals surface area contributed by atoms with Crippen molar-refractivity contribution in [3.63, 3.8) is 0 Å². The number of nitrogens with one attached hydrogen (secondary N) is 3. The van der Waals surface area contributed by atoms with Crippen LogP contribution in [0.25, 0.3) is 0 Å². The lowest BCUT2D eigenvalue weighted by atomic mass is 10.00. The van der Waals surface area contributed by atoms with Crippen LogP contribution >= 0.6 is 0 Å². The molecule has 0 atom stereocenters. The summed E-state index contributed by atoms with van der Waals surface area (Å²) < 4.78 is 6.24. The van der Waals surface area contributed by atoms with Crippen molar-refractivity contribution in [2.24, 2.45) is 11.8 Å². The average Bonchev–Trinajstić information content (AvgIpc) is 3.38. The Bertz CT molecular complexity index is 594. The van der Waals surface area contributed by atoms with E-state index in [1.54, 1.807) is 18.7 Å². The van der Waals surface area contributed by atoms with Crippen molar-refractivity contribution in [2.75, 3.05) is 39.4 Å². The molecule has 3 heterocycles. The number of aromatic nitrogens is 2. The lowest BCUT2D eigenvalue weighted by molar-refractivity contribution is 0.196. The highest BCUT2D eigenvalue weighted by atomic mass is 28.4. The fraction of sp³-hybridized carbons (Fsp3) is 0.893. The minimum absolute atomic E-state index is 0.347. The van der Waals surface area contributed by atoms with Crippen molar-refractivity contribution in [3.8, 4) is 0 Å². The van der Waals surface area contributed by atoms with Gasteiger partial charge in [0.05, 0.1) is 6.33 Å². The summed E-state index contributed by atoms with van der Waals surface area (Å²) in [7, 11) is -2.37. The molecular weight excluding hydrogens is 481 g/mol. The maximum atomic E-state index is 8.66. The first-order valence-electron chi connectivity index (χ1n) is 14.1. The van der Waals surface area contributed by atoms with Gasteiger partial charge < -0.3 is 25.2 Å². The Labute approximate surface area is 226 Å². The lowest BCUT2D eigenvalue weighted by Gasteiger charge is -2.37. The van der Waals surface area contributed by atoms with Crippen LogP contribution in [0.5, 0.6) is 0 Å². The molecule has 2 fully saturated rings. The Balaban J connectivity index is 0.000000494. The van der Waals surface area contributed by atoms with Crippen LogP contribution in [0.15, 0.2) is 18.7 Å². The van der Waals surface area contributed by atoms with E-state index in [1.165, 1.54) is 25.9 Å². The second-order valence-electron chi connectivity index (χ2n) is 13.9. The number of aliphatic hydroxyl groups is 1. The van der Waals surface area contributed by atoms with Crippen molar-refractivity contribution < 1.29 is 9.53 Å². The largest absolute Gasteiger partial charge is 0.417 e. The molecule has 0 unspecified atom stereocenters. The Hall–Kier alpha value is -0.516. The van der Waals surface area contributed by atoms with Crippen molar-refractivity contribution >= 4 is 16.4 Å². The van der Waals surface area contributed by atoms with Gasteiger partial charge in [-0.05, 0) is 86.9 Å². The molecule has 1 aromatic heterocycles. The van der Waals surface area contributed by atoms with Crippen LogP contribution in [0.1, 0.15) is 67.2 Å². The van der Waals surface area contributed by atoms with Crippen LogP contribution in [-0.2, 0) is 4.43 Å². The Morgan fingerprint density at radius 3 is 1.50 bits per heavy atom. The summed E-state index contributed by atoms with van der Waals surface area (Å²) in [5.41, 5.74) is 0. The second kappa shape index (κ2) is 17.1. The highest BCUT2D eigenvalue weighted by molar-refractivity contribution is 6.78. The molecule has 0 amide bonds. The van der Waals surface area contributed by atoms with Crippen LogP contribution in [0.2, 0.25) is 42.8 Å². The molecule has 0 bridgehead atoms. The molecule has 3 rings (SSSR count). The minimum Gasteiger partial charge on any atom is -0.417 e. The maximum absolute atomic E-state index is 8.66. The number of rotatable bonds is 4. The first-order valence-corrected chi connectivity index (χ1v) is 20.5. The van der Waals surface area contributed by atoms with Gasteiger partial charge in [0.2, 0.25) is 0 Å². The molecule has 0 saturated carbocycles. The zero-order chi connectivity index (χ0) is 27.9. The van der Waals surface area contributed by atoms with Gasteiger partial charge in [0, 0.05) is 33.7 Å². The number of aliphatic hydroxyl groups excluding tert-OH is 1. The summed E-state index contributed by atoms with van der Waals surface area (Å²) in [6, 6.07) is 0. The van der Waals surface area contributed by atoms with Gasteiger partial charge in [-0.25, -0.2) is 4.98 Å². The van der Waals surface area contributed by atoms with Crippen molar-refractivity contribution in [1.82, 2.24) is 20.6 Å². The van der Waals surface area contributed by atoms with Gasteiger partial charge in [0.15, 0.2) is 8.32 Å². The maximum Gasteiger partial charge on any atom is 0.191 e. The third kappa shape index (κ3) is 16.4. The highest BCUT2D eigenvalue weighted by Gasteiger charge is 2.37. The fourth-order valence-corrected chi connectivity index (χ4v) is 3.96. The summed E-state index contributed by atoms with van der Waals surface area (Å²) in [6.45, 7) is 31.7. The van der Waals surface area contributed by atoms with E-state index in [0.717, 1.165) is 38.5 Å². The number of aromatic amines is 1. The third-order valence-electron chi connectivity index (χ3n) is 8.32. The molecule has 6 nitrogen and oxygen atoms in total. The van der Waals surface area contributed by atoms with E-state index in [4.69, 9.17) is 9.53 Å². The zero-order valence-corrected chi connectivity index (χ0v) is 27.8. The minimum atomic E-state index is -1.51. The number of imidazole rings is 1. The van der Waals surface area contributed by atoms with Crippen molar-refractivity contribution in [3.05, 3.63) is 18.7 Å². The van der Waals surface area contributed by atoms with Crippen molar-refractivity contribution in [1.29, 1.82) is 0 Å². The highest BCUT2D eigenvalue weighted by Crippen LogP contribution is 2.37. The van der Waals surface area contributed by atoms with Gasteiger partial charge in [-0.1, -0.05) is 61.2 Å². The van der Waals surface area contributed by atoms with E-state index >= 15 is 0 Å². The second-order valence-corrected chi connectivity index (χ2v) is 24.7. The monoisotopic (exact) mass is 542 g/mol. The molecule has 36 heavy (non-hydrogen) atoms. The van der Waals surface area contributed by atoms with E-state index in [-0.39, 0.29) is 0 Å². The van der Waals surface area contributed by atoms with E-state index in [9.17, 15) is 0 Å². The van der Waals surface area contributed by atoms with Gasteiger partial charge >= 0.3 is 0 Å². The summed E-state index contributed by atoms with van der Waals surface area (Å²) >= 11 is 0. The standard InChI is InChI=1S/C12H27NOSi.C7H18Si.C6H13NO.C3H4N2/c1-12(2,3)15(4,5)14-10-11-6-8-13-9-7-11;1-7(2,3)8(4,5)6;8-5-6-1-3-7-4-2-6;1-2-5-3-4-1/h11,13H,6-10H2,1-5H3;1-6H3;6-8H,1-5H2;1-3H,(H,4,5). The fourth-order valence-electron chi connectivity index (χ4n) is 2.87. The average molecular weight is 543 g/mol. The molecule has 1 aromatic rings. The van der Waals surface area contributed by atoms with E-state index < -0.39 is 16.4 Å². The summed E-state index contributed by atoms with van der Waals surface area (Å²) in [5.74, 6) is 1.37. The molecular formula is C28H62N4O2Si2. The van der Waals surface area contributed by atoms with E-state index in [1.807, 2.05) is 0 Å². The summed E-state index contributed by atoms with van der Waals surface area (Å²) in [6.07, 6.45) is 9.95. The molecule has 2 saturated heterocycles. The van der Waals surface area contributed by atoms with Crippen molar-refractivity contribution in [2.45, 2.75) is 110 Å². The van der Waals surface area contributed by atoms with Crippen LogP contribution in [-0.4, -0.2) is 70.9 Å². The van der Waals surface area contributed by atoms with E-state index in [0.29, 0.717) is 22.6 Å². The zero-order valence-electron chi connectivity index (χ0n) is 25.8. The molecule has 214 valence electrons. The Morgan fingerprint density at radius 1 is 0.806 bits per heavy atom. The van der Waals surface area contributed by atoms with E-state index in [2.05, 4.69) is 94.9 Å². The van der Waals surface area contributed by atoms with Gasteiger partial charge in [-0.2, -0.15) is 0 Å². The predicted molar refractivity (Wildman–Crippen MR) is 163 cm³/mol. The molecule has 0 aromatic carbocycles. The van der Waals surface area contributed by atoms with Gasteiger partial charge in [-0.3, -0.25) is 0 Å².